The lowest BCUT2D eigenvalue weighted by atomic mass is 10.1. The number of aryl methyl sites for hydroxylation is 1. The second-order valence-electron chi connectivity index (χ2n) is 4.80. The summed E-state index contributed by atoms with van der Waals surface area (Å²) in [6.45, 7) is 4.76. The zero-order chi connectivity index (χ0) is 14.6. The number of halogens is 1. The molecule has 0 aliphatic heterocycles. The minimum absolute atomic E-state index is 0.0925. The Hall–Kier alpha value is -1.59. The van der Waals surface area contributed by atoms with Crippen LogP contribution in [0.15, 0.2) is 18.2 Å². The first-order valence-electron chi connectivity index (χ1n) is 5.77. The number of aliphatic carboxylic acids is 1. The first-order valence-corrected chi connectivity index (χ1v) is 6.14. The van der Waals surface area contributed by atoms with Crippen LogP contribution in [0.5, 0.6) is 0 Å². The van der Waals surface area contributed by atoms with E-state index in [1.165, 1.54) is 13.8 Å². The van der Waals surface area contributed by atoms with Crippen LogP contribution in [0.2, 0.25) is 5.02 Å². The molecule has 1 aromatic rings. The van der Waals surface area contributed by atoms with Crippen molar-refractivity contribution < 1.29 is 14.7 Å². The van der Waals surface area contributed by atoms with Crippen molar-refractivity contribution >= 4 is 29.2 Å². The number of amides is 1. The van der Waals surface area contributed by atoms with Crippen LogP contribution in [0.25, 0.3) is 0 Å². The van der Waals surface area contributed by atoms with Gasteiger partial charge in [0.15, 0.2) is 0 Å². The van der Waals surface area contributed by atoms with E-state index in [0.29, 0.717) is 10.7 Å². The second-order valence-corrected chi connectivity index (χ2v) is 5.20. The average Bonchev–Trinajstić information content (AvgIpc) is 2.31. The van der Waals surface area contributed by atoms with Crippen LogP contribution < -0.4 is 10.6 Å². The lowest BCUT2D eigenvalue weighted by Gasteiger charge is -2.20. The fourth-order valence-electron chi connectivity index (χ4n) is 1.25. The fourth-order valence-corrected chi connectivity index (χ4v) is 1.43. The molecule has 0 atom stereocenters. The van der Waals surface area contributed by atoms with E-state index in [9.17, 15) is 9.59 Å². The van der Waals surface area contributed by atoms with Gasteiger partial charge in [0.2, 0.25) is 5.91 Å². The summed E-state index contributed by atoms with van der Waals surface area (Å²) in [4.78, 5) is 22.5. The van der Waals surface area contributed by atoms with E-state index in [2.05, 4.69) is 10.6 Å². The van der Waals surface area contributed by atoms with Gasteiger partial charge in [-0.15, -0.1) is 0 Å². The molecular formula is C13H17ClN2O3. The molecule has 6 heteroatoms. The van der Waals surface area contributed by atoms with E-state index < -0.39 is 11.5 Å². The number of hydrogen-bond donors (Lipinski definition) is 3. The van der Waals surface area contributed by atoms with Gasteiger partial charge in [-0.3, -0.25) is 14.9 Å². The highest BCUT2D eigenvalue weighted by Crippen LogP contribution is 2.19. The molecule has 0 spiro atoms. The fraction of sp³-hybridized carbons (Fsp3) is 0.385. The molecule has 0 saturated heterocycles. The Labute approximate surface area is 117 Å². The number of nitrogens with one attached hydrogen (secondary N) is 2. The molecule has 0 heterocycles. The highest BCUT2D eigenvalue weighted by Gasteiger charge is 2.26. The SMILES string of the molecule is Cc1ccc(NC(=O)CNC(C)(C)C(=O)O)cc1Cl. The van der Waals surface area contributed by atoms with Crippen LogP contribution in [0, 0.1) is 6.92 Å². The Kier molecular flexibility index (Phi) is 4.91. The highest BCUT2D eigenvalue weighted by molar-refractivity contribution is 6.31. The van der Waals surface area contributed by atoms with Crippen molar-refractivity contribution in [3.05, 3.63) is 28.8 Å². The zero-order valence-electron chi connectivity index (χ0n) is 11.1. The molecule has 1 rings (SSSR count). The van der Waals surface area contributed by atoms with Gasteiger partial charge in [-0.1, -0.05) is 17.7 Å². The van der Waals surface area contributed by atoms with E-state index >= 15 is 0 Å². The van der Waals surface area contributed by atoms with E-state index in [0.717, 1.165) is 5.56 Å². The second kappa shape index (κ2) is 6.04. The van der Waals surface area contributed by atoms with Gasteiger partial charge in [0.05, 0.1) is 6.54 Å². The molecule has 0 unspecified atom stereocenters. The molecule has 0 radical (unpaired) electrons. The topological polar surface area (TPSA) is 78.4 Å². The van der Waals surface area contributed by atoms with E-state index in [4.69, 9.17) is 16.7 Å². The molecule has 0 saturated carbocycles. The number of carboxylic acid groups (broad SMARTS) is 1. The molecule has 1 amide bonds. The van der Waals surface area contributed by atoms with Crippen molar-refractivity contribution in [3.8, 4) is 0 Å². The number of carbonyl (C=O) groups is 2. The van der Waals surface area contributed by atoms with Gasteiger partial charge in [0, 0.05) is 10.7 Å². The maximum Gasteiger partial charge on any atom is 0.323 e. The molecule has 0 fully saturated rings. The Morgan fingerprint density at radius 3 is 2.53 bits per heavy atom. The maximum absolute atomic E-state index is 11.7. The summed E-state index contributed by atoms with van der Waals surface area (Å²) in [7, 11) is 0. The Balaban J connectivity index is 2.56. The van der Waals surface area contributed by atoms with Crippen molar-refractivity contribution in [3.63, 3.8) is 0 Å². The van der Waals surface area contributed by atoms with Crippen molar-refractivity contribution in [1.82, 2.24) is 5.32 Å². The third-order valence-corrected chi connectivity index (χ3v) is 3.09. The minimum Gasteiger partial charge on any atom is -0.480 e. The summed E-state index contributed by atoms with van der Waals surface area (Å²) in [5, 5.41) is 14.8. The minimum atomic E-state index is -1.15. The molecule has 19 heavy (non-hydrogen) atoms. The number of carboxylic acids is 1. The van der Waals surface area contributed by atoms with Gasteiger partial charge >= 0.3 is 5.97 Å². The monoisotopic (exact) mass is 284 g/mol. The van der Waals surface area contributed by atoms with Crippen molar-refractivity contribution in [1.29, 1.82) is 0 Å². The van der Waals surface area contributed by atoms with E-state index in [1.54, 1.807) is 18.2 Å². The Morgan fingerprint density at radius 2 is 2.00 bits per heavy atom. The molecule has 104 valence electrons. The highest BCUT2D eigenvalue weighted by atomic mass is 35.5. The van der Waals surface area contributed by atoms with Crippen molar-refractivity contribution in [2.75, 3.05) is 11.9 Å². The van der Waals surface area contributed by atoms with Crippen LogP contribution >= 0.6 is 11.6 Å². The molecule has 5 nitrogen and oxygen atoms in total. The van der Waals surface area contributed by atoms with Crippen LogP contribution in [-0.2, 0) is 9.59 Å². The molecule has 0 aliphatic carbocycles. The number of hydrogen-bond acceptors (Lipinski definition) is 3. The summed E-state index contributed by atoms with van der Waals surface area (Å²) in [5.41, 5.74) is 0.350. The van der Waals surface area contributed by atoms with Gasteiger partial charge in [0.1, 0.15) is 5.54 Å². The number of benzene rings is 1. The predicted molar refractivity (Wildman–Crippen MR) is 74.5 cm³/mol. The predicted octanol–water partition coefficient (Wildman–Crippen LogP) is 2.04. The van der Waals surface area contributed by atoms with E-state index in [-0.39, 0.29) is 12.5 Å². The molecule has 0 bridgehead atoms. The molecular weight excluding hydrogens is 268 g/mol. The van der Waals surface area contributed by atoms with Crippen molar-refractivity contribution in [2.45, 2.75) is 26.3 Å². The Bertz CT molecular complexity index is 501. The zero-order valence-corrected chi connectivity index (χ0v) is 11.8. The van der Waals surface area contributed by atoms with Gasteiger partial charge in [-0.2, -0.15) is 0 Å². The molecule has 1 aromatic carbocycles. The van der Waals surface area contributed by atoms with Crippen LogP contribution in [-0.4, -0.2) is 29.1 Å². The van der Waals surface area contributed by atoms with E-state index in [1.807, 2.05) is 6.92 Å². The number of carbonyl (C=O) groups excluding carboxylic acids is 1. The summed E-state index contributed by atoms with van der Waals surface area (Å²) in [5.74, 6) is -1.34. The smallest absolute Gasteiger partial charge is 0.323 e. The lowest BCUT2D eigenvalue weighted by molar-refractivity contribution is -0.143. The largest absolute Gasteiger partial charge is 0.480 e. The van der Waals surface area contributed by atoms with Gasteiger partial charge in [0.25, 0.3) is 0 Å². The van der Waals surface area contributed by atoms with Crippen LogP contribution in [0.4, 0.5) is 5.69 Å². The van der Waals surface area contributed by atoms with Crippen molar-refractivity contribution in [2.24, 2.45) is 0 Å². The maximum atomic E-state index is 11.7. The summed E-state index contributed by atoms with van der Waals surface area (Å²) >= 11 is 5.94. The van der Waals surface area contributed by atoms with Crippen LogP contribution in [0.1, 0.15) is 19.4 Å². The third kappa shape index (κ3) is 4.54. The summed E-state index contributed by atoms with van der Waals surface area (Å²) in [6.07, 6.45) is 0. The lowest BCUT2D eigenvalue weighted by Crippen LogP contribution is -2.49. The first kappa shape index (κ1) is 15.5. The van der Waals surface area contributed by atoms with Gasteiger partial charge in [-0.25, -0.2) is 0 Å². The van der Waals surface area contributed by atoms with Gasteiger partial charge < -0.3 is 10.4 Å². The average molecular weight is 285 g/mol. The normalized spacial score (nSPS) is 11.2. The number of anilines is 1. The first-order chi connectivity index (χ1) is 8.72. The standard InChI is InChI=1S/C13H17ClN2O3/c1-8-4-5-9(6-10(8)14)16-11(17)7-15-13(2,3)12(18)19/h4-6,15H,7H2,1-3H3,(H,16,17)(H,18,19). The quantitative estimate of drug-likeness (QED) is 0.773. The molecule has 0 aliphatic rings. The third-order valence-electron chi connectivity index (χ3n) is 2.68. The van der Waals surface area contributed by atoms with Crippen LogP contribution in [0.3, 0.4) is 0 Å². The number of rotatable bonds is 5. The molecule has 3 N–H and O–H groups in total. The Morgan fingerprint density at radius 1 is 1.37 bits per heavy atom. The molecule has 0 aromatic heterocycles. The van der Waals surface area contributed by atoms with Gasteiger partial charge in [-0.05, 0) is 38.5 Å². The summed E-state index contributed by atoms with van der Waals surface area (Å²) in [6, 6.07) is 5.19. The summed E-state index contributed by atoms with van der Waals surface area (Å²) < 4.78 is 0.